The van der Waals surface area contributed by atoms with Gasteiger partial charge in [0.25, 0.3) is 0 Å². The standard InChI is InChI=1S/C22H18F3N5O2/c1-3-14-4-7-16(8-5-14)29-21(32)17(10-26)20(31)18-12-28-30(13(18)2)19-9-6-15(11-27-19)22(23,24)25/h4-9,11-12,17H,3H2,1-2H3,(H,29,32). The van der Waals surface area contributed by atoms with E-state index in [1.165, 1.54) is 11.6 Å². The fourth-order valence-electron chi connectivity index (χ4n) is 2.99. The minimum Gasteiger partial charge on any atom is -0.325 e. The Morgan fingerprint density at radius 1 is 1.16 bits per heavy atom. The van der Waals surface area contributed by atoms with Crippen LogP contribution in [-0.2, 0) is 17.4 Å². The Balaban J connectivity index is 1.81. The largest absolute Gasteiger partial charge is 0.417 e. The molecule has 0 bridgehead atoms. The summed E-state index contributed by atoms with van der Waals surface area (Å²) in [6.07, 6.45) is -1.89. The SMILES string of the molecule is CCc1ccc(NC(=O)C(C#N)C(=O)c2cnn(-c3ccc(C(F)(F)F)cn3)c2C)cc1. The van der Waals surface area contributed by atoms with E-state index < -0.39 is 29.3 Å². The normalized spacial score (nSPS) is 12.1. The summed E-state index contributed by atoms with van der Waals surface area (Å²) in [7, 11) is 0. The molecule has 1 atom stereocenters. The van der Waals surface area contributed by atoms with Crippen molar-refractivity contribution in [3.05, 3.63) is 71.2 Å². The maximum atomic E-state index is 12.9. The van der Waals surface area contributed by atoms with Crippen LogP contribution in [0.25, 0.3) is 5.82 Å². The van der Waals surface area contributed by atoms with Crippen molar-refractivity contribution >= 4 is 17.4 Å². The van der Waals surface area contributed by atoms with Crippen molar-refractivity contribution in [3.63, 3.8) is 0 Å². The molecule has 0 spiro atoms. The lowest BCUT2D eigenvalue weighted by molar-refractivity contribution is -0.137. The zero-order chi connectivity index (χ0) is 23.5. The van der Waals surface area contributed by atoms with Crippen molar-refractivity contribution in [1.82, 2.24) is 14.8 Å². The van der Waals surface area contributed by atoms with Crippen LogP contribution in [0, 0.1) is 24.2 Å². The number of benzene rings is 1. The zero-order valence-corrected chi connectivity index (χ0v) is 17.1. The van der Waals surface area contributed by atoms with Crippen LogP contribution in [0.2, 0.25) is 0 Å². The molecule has 7 nitrogen and oxygen atoms in total. The van der Waals surface area contributed by atoms with E-state index in [0.29, 0.717) is 11.9 Å². The van der Waals surface area contributed by atoms with Crippen LogP contribution in [0.3, 0.4) is 0 Å². The van der Waals surface area contributed by atoms with E-state index >= 15 is 0 Å². The second-order valence-corrected chi connectivity index (χ2v) is 6.92. The Bertz CT molecular complexity index is 1180. The predicted octanol–water partition coefficient (Wildman–Crippen LogP) is 4.12. The number of alkyl halides is 3. The number of carbonyl (C=O) groups excluding carboxylic acids is 2. The highest BCUT2D eigenvalue weighted by atomic mass is 19.4. The smallest absolute Gasteiger partial charge is 0.325 e. The van der Waals surface area contributed by atoms with E-state index in [1.54, 1.807) is 18.2 Å². The molecular weight excluding hydrogens is 423 g/mol. The third kappa shape index (κ3) is 4.67. The summed E-state index contributed by atoms with van der Waals surface area (Å²) in [5, 5.41) is 16.0. The number of anilines is 1. The molecule has 0 fully saturated rings. The third-order valence-corrected chi connectivity index (χ3v) is 4.85. The van der Waals surface area contributed by atoms with Crippen molar-refractivity contribution in [2.45, 2.75) is 26.4 Å². The van der Waals surface area contributed by atoms with Crippen molar-refractivity contribution in [1.29, 1.82) is 5.26 Å². The lowest BCUT2D eigenvalue weighted by Gasteiger charge is -2.10. The van der Waals surface area contributed by atoms with Gasteiger partial charge in [0, 0.05) is 11.9 Å². The molecule has 0 aliphatic carbocycles. The number of aromatic nitrogens is 3. The van der Waals surface area contributed by atoms with Gasteiger partial charge >= 0.3 is 6.18 Å². The summed E-state index contributed by atoms with van der Waals surface area (Å²) in [5.41, 5.74) is 0.824. The van der Waals surface area contributed by atoms with Gasteiger partial charge < -0.3 is 5.32 Å². The monoisotopic (exact) mass is 441 g/mol. The van der Waals surface area contributed by atoms with Gasteiger partial charge in [-0.3, -0.25) is 9.59 Å². The second kappa shape index (κ2) is 9.01. The molecule has 0 aliphatic rings. The molecule has 3 rings (SSSR count). The molecule has 0 saturated heterocycles. The van der Waals surface area contributed by atoms with Gasteiger partial charge in [-0.05, 0) is 43.2 Å². The minimum absolute atomic E-state index is 0.00488. The Kier molecular flexibility index (Phi) is 6.39. The van der Waals surface area contributed by atoms with E-state index in [4.69, 9.17) is 0 Å². The van der Waals surface area contributed by atoms with E-state index in [1.807, 2.05) is 19.1 Å². The summed E-state index contributed by atoms with van der Waals surface area (Å²) in [5.74, 6) is -3.13. The molecule has 1 amide bonds. The Morgan fingerprint density at radius 3 is 2.38 bits per heavy atom. The van der Waals surface area contributed by atoms with Crippen molar-refractivity contribution in [2.75, 3.05) is 5.32 Å². The molecule has 32 heavy (non-hydrogen) atoms. The lowest BCUT2D eigenvalue weighted by atomic mass is 9.98. The molecule has 0 radical (unpaired) electrons. The molecule has 0 aliphatic heterocycles. The lowest BCUT2D eigenvalue weighted by Crippen LogP contribution is -2.29. The summed E-state index contributed by atoms with van der Waals surface area (Å²) >= 11 is 0. The van der Waals surface area contributed by atoms with Crippen LogP contribution in [0.15, 0.2) is 48.8 Å². The first kappa shape index (κ1) is 22.7. The van der Waals surface area contributed by atoms with Crippen LogP contribution in [-0.4, -0.2) is 26.5 Å². The number of carbonyl (C=O) groups is 2. The Hall–Kier alpha value is -4.00. The van der Waals surface area contributed by atoms with Crippen LogP contribution in [0.1, 0.15) is 34.1 Å². The highest BCUT2D eigenvalue weighted by molar-refractivity contribution is 6.15. The first-order valence-electron chi connectivity index (χ1n) is 9.57. The molecule has 1 aromatic carbocycles. The van der Waals surface area contributed by atoms with Crippen molar-refractivity contribution in [2.24, 2.45) is 5.92 Å². The van der Waals surface area contributed by atoms with Crippen molar-refractivity contribution < 1.29 is 22.8 Å². The molecule has 2 aromatic heterocycles. The average Bonchev–Trinajstić information content (AvgIpc) is 3.15. The van der Waals surface area contributed by atoms with E-state index in [-0.39, 0.29) is 17.1 Å². The topological polar surface area (TPSA) is 101 Å². The number of hydrogen-bond donors (Lipinski definition) is 1. The first-order chi connectivity index (χ1) is 15.2. The first-order valence-corrected chi connectivity index (χ1v) is 9.57. The molecule has 3 aromatic rings. The van der Waals surface area contributed by atoms with Crippen LogP contribution in [0.5, 0.6) is 0 Å². The molecular formula is C22H18F3N5O2. The van der Waals surface area contributed by atoms with Gasteiger partial charge in [0.05, 0.1) is 29.1 Å². The minimum atomic E-state index is -4.53. The molecule has 0 saturated carbocycles. The summed E-state index contributed by atoms with van der Waals surface area (Å²) in [6, 6.07) is 10.7. The number of nitriles is 1. The van der Waals surface area contributed by atoms with Gasteiger partial charge in [-0.25, -0.2) is 9.67 Å². The number of pyridine rings is 1. The van der Waals surface area contributed by atoms with Crippen LogP contribution in [0.4, 0.5) is 18.9 Å². The van der Waals surface area contributed by atoms with Gasteiger partial charge in [0.1, 0.15) is 0 Å². The highest BCUT2D eigenvalue weighted by Gasteiger charge is 2.32. The number of ketones is 1. The number of amides is 1. The maximum absolute atomic E-state index is 12.9. The Morgan fingerprint density at radius 2 is 1.84 bits per heavy atom. The molecule has 1 N–H and O–H groups in total. The van der Waals surface area contributed by atoms with Gasteiger partial charge in [0.2, 0.25) is 5.91 Å². The number of nitrogens with one attached hydrogen (secondary N) is 1. The highest BCUT2D eigenvalue weighted by Crippen LogP contribution is 2.29. The molecule has 10 heteroatoms. The van der Waals surface area contributed by atoms with Crippen LogP contribution < -0.4 is 5.32 Å². The van der Waals surface area contributed by atoms with E-state index in [2.05, 4.69) is 15.4 Å². The predicted molar refractivity (Wildman–Crippen MR) is 109 cm³/mol. The second-order valence-electron chi connectivity index (χ2n) is 6.92. The van der Waals surface area contributed by atoms with Crippen molar-refractivity contribution in [3.8, 4) is 11.9 Å². The van der Waals surface area contributed by atoms with Gasteiger partial charge in [0.15, 0.2) is 17.5 Å². The van der Waals surface area contributed by atoms with Gasteiger partial charge in [-0.15, -0.1) is 0 Å². The van der Waals surface area contributed by atoms with E-state index in [0.717, 1.165) is 30.3 Å². The summed E-state index contributed by atoms with van der Waals surface area (Å²) < 4.78 is 39.4. The maximum Gasteiger partial charge on any atom is 0.417 e. The summed E-state index contributed by atoms with van der Waals surface area (Å²) in [4.78, 5) is 29.1. The number of halogens is 3. The van der Waals surface area contributed by atoms with Gasteiger partial charge in [-0.2, -0.15) is 23.5 Å². The van der Waals surface area contributed by atoms with Crippen LogP contribution >= 0.6 is 0 Å². The fraction of sp³-hybridized carbons (Fsp3) is 0.227. The molecule has 2 heterocycles. The Labute approximate surface area is 181 Å². The third-order valence-electron chi connectivity index (χ3n) is 4.85. The summed E-state index contributed by atoms with van der Waals surface area (Å²) in [6.45, 7) is 3.48. The molecule has 1 unspecified atom stereocenters. The average molecular weight is 441 g/mol. The zero-order valence-electron chi connectivity index (χ0n) is 17.1. The quantitative estimate of drug-likeness (QED) is 0.458. The number of aryl methyl sites for hydroxylation is 1. The number of Topliss-reactive ketones (excluding diaryl/α,β-unsaturated/α-hetero) is 1. The number of rotatable bonds is 6. The number of nitrogens with zero attached hydrogens (tertiary/aromatic N) is 4. The molecule has 164 valence electrons. The van der Waals surface area contributed by atoms with Gasteiger partial charge in [-0.1, -0.05) is 19.1 Å². The number of hydrogen-bond acceptors (Lipinski definition) is 5. The fourth-order valence-corrected chi connectivity index (χ4v) is 2.99. The van der Waals surface area contributed by atoms with E-state index in [9.17, 15) is 28.0 Å².